The Morgan fingerprint density at radius 3 is 2.53 bits per heavy atom. The van der Waals surface area contributed by atoms with Crippen LogP contribution in [0.25, 0.3) is 0 Å². The SMILES string of the molecule is CCNCC1(O)C[C@@H]2C[C@H]([C@H]1C)C2(C)C. The quantitative estimate of drug-likeness (QED) is 0.748. The van der Waals surface area contributed by atoms with Gasteiger partial charge in [0.2, 0.25) is 0 Å². The second-order valence-electron chi connectivity index (χ2n) is 6.24. The second kappa shape index (κ2) is 3.46. The molecule has 2 bridgehead atoms. The first-order chi connectivity index (χ1) is 6.92. The summed E-state index contributed by atoms with van der Waals surface area (Å²) in [5.74, 6) is 1.90. The molecule has 2 nitrogen and oxygen atoms in total. The highest BCUT2D eigenvalue weighted by atomic mass is 16.3. The smallest absolute Gasteiger partial charge is 0.0802 e. The summed E-state index contributed by atoms with van der Waals surface area (Å²) in [5, 5.41) is 13.9. The largest absolute Gasteiger partial charge is 0.388 e. The molecule has 2 heteroatoms. The van der Waals surface area contributed by atoms with Gasteiger partial charge < -0.3 is 10.4 Å². The predicted molar refractivity (Wildman–Crippen MR) is 62.7 cm³/mol. The van der Waals surface area contributed by atoms with Crippen LogP contribution < -0.4 is 5.32 Å². The minimum absolute atomic E-state index is 0.441. The van der Waals surface area contributed by atoms with E-state index in [1.165, 1.54) is 6.42 Å². The van der Waals surface area contributed by atoms with Crippen molar-refractivity contribution >= 4 is 0 Å². The third-order valence-corrected chi connectivity index (χ3v) is 5.28. The molecule has 88 valence electrons. The average molecular weight is 211 g/mol. The van der Waals surface area contributed by atoms with E-state index in [-0.39, 0.29) is 0 Å². The van der Waals surface area contributed by atoms with Crippen LogP contribution >= 0.6 is 0 Å². The lowest BCUT2D eigenvalue weighted by molar-refractivity contribution is -0.204. The van der Waals surface area contributed by atoms with Crippen molar-refractivity contribution in [2.75, 3.05) is 13.1 Å². The van der Waals surface area contributed by atoms with E-state index in [0.29, 0.717) is 11.3 Å². The Labute approximate surface area is 93.5 Å². The lowest BCUT2D eigenvalue weighted by atomic mass is 9.42. The molecule has 3 fully saturated rings. The average Bonchev–Trinajstić information content (AvgIpc) is 2.18. The molecular weight excluding hydrogens is 186 g/mol. The fourth-order valence-corrected chi connectivity index (χ4v) is 3.81. The Morgan fingerprint density at radius 1 is 1.40 bits per heavy atom. The van der Waals surface area contributed by atoms with Gasteiger partial charge in [0, 0.05) is 6.54 Å². The van der Waals surface area contributed by atoms with Crippen LogP contribution in [0.15, 0.2) is 0 Å². The fourth-order valence-electron chi connectivity index (χ4n) is 3.81. The summed E-state index contributed by atoms with van der Waals surface area (Å²) in [5.41, 5.74) is 0.0248. The van der Waals surface area contributed by atoms with Gasteiger partial charge in [-0.2, -0.15) is 0 Å². The summed E-state index contributed by atoms with van der Waals surface area (Å²) < 4.78 is 0. The molecule has 0 aromatic carbocycles. The number of hydrogen-bond donors (Lipinski definition) is 2. The number of likely N-dealkylation sites (N-methyl/N-ethyl adjacent to an activating group) is 1. The number of fused-ring (bicyclic) bond motifs is 2. The zero-order chi connectivity index (χ0) is 11.3. The minimum Gasteiger partial charge on any atom is -0.388 e. The van der Waals surface area contributed by atoms with E-state index in [1.807, 2.05) is 0 Å². The Kier molecular flexibility index (Phi) is 2.63. The van der Waals surface area contributed by atoms with Gasteiger partial charge >= 0.3 is 0 Å². The topological polar surface area (TPSA) is 32.3 Å². The number of rotatable bonds is 3. The van der Waals surface area contributed by atoms with E-state index in [9.17, 15) is 5.11 Å². The Bertz CT molecular complexity index is 251. The van der Waals surface area contributed by atoms with Gasteiger partial charge in [-0.1, -0.05) is 27.7 Å². The van der Waals surface area contributed by atoms with Crippen molar-refractivity contribution in [3.8, 4) is 0 Å². The first-order valence-corrected chi connectivity index (χ1v) is 6.35. The highest BCUT2D eigenvalue weighted by Crippen LogP contribution is 2.63. The van der Waals surface area contributed by atoms with Crippen LogP contribution in [-0.2, 0) is 0 Å². The van der Waals surface area contributed by atoms with Gasteiger partial charge in [0.1, 0.15) is 0 Å². The summed E-state index contributed by atoms with van der Waals surface area (Å²) >= 11 is 0. The molecule has 3 rings (SSSR count). The van der Waals surface area contributed by atoms with Crippen LogP contribution in [0.3, 0.4) is 0 Å². The maximum absolute atomic E-state index is 10.6. The number of nitrogens with one attached hydrogen (secondary N) is 1. The fraction of sp³-hybridized carbons (Fsp3) is 1.00. The molecule has 0 heterocycles. The van der Waals surface area contributed by atoms with Crippen molar-refractivity contribution in [1.29, 1.82) is 0 Å². The summed E-state index contributed by atoms with van der Waals surface area (Å²) in [7, 11) is 0. The number of aliphatic hydroxyl groups is 1. The third-order valence-electron chi connectivity index (χ3n) is 5.28. The van der Waals surface area contributed by atoms with Gasteiger partial charge in [0.25, 0.3) is 0 Å². The van der Waals surface area contributed by atoms with E-state index in [2.05, 4.69) is 33.0 Å². The molecule has 3 aliphatic carbocycles. The van der Waals surface area contributed by atoms with Crippen molar-refractivity contribution in [3.05, 3.63) is 0 Å². The molecule has 1 unspecified atom stereocenters. The maximum atomic E-state index is 10.6. The van der Waals surface area contributed by atoms with E-state index in [1.54, 1.807) is 0 Å². The Morgan fingerprint density at radius 2 is 2.07 bits per heavy atom. The lowest BCUT2D eigenvalue weighted by Crippen LogP contribution is -2.64. The number of hydrogen-bond acceptors (Lipinski definition) is 2. The summed E-state index contributed by atoms with van der Waals surface area (Å²) in [6.07, 6.45) is 2.33. The first kappa shape index (κ1) is 11.4. The summed E-state index contributed by atoms with van der Waals surface area (Å²) in [6, 6.07) is 0. The van der Waals surface area contributed by atoms with Gasteiger partial charge in [-0.05, 0) is 42.6 Å². The molecule has 0 amide bonds. The van der Waals surface area contributed by atoms with Crippen LogP contribution in [0.5, 0.6) is 0 Å². The highest BCUT2D eigenvalue weighted by Gasteiger charge is 2.60. The first-order valence-electron chi connectivity index (χ1n) is 6.35. The molecule has 0 aliphatic heterocycles. The standard InChI is InChI=1S/C13H25NO/c1-5-14-8-13(15)7-10-6-11(9(13)2)12(10,3)4/h9-11,14-15H,5-8H2,1-4H3/t9-,10+,11-,13?/m1/s1. The molecule has 3 saturated carbocycles. The van der Waals surface area contributed by atoms with Crippen molar-refractivity contribution in [1.82, 2.24) is 5.32 Å². The molecule has 15 heavy (non-hydrogen) atoms. The summed E-state index contributed by atoms with van der Waals surface area (Å²) in [6.45, 7) is 10.8. The highest BCUT2D eigenvalue weighted by molar-refractivity contribution is 5.11. The van der Waals surface area contributed by atoms with Crippen LogP contribution in [-0.4, -0.2) is 23.8 Å². The second-order valence-corrected chi connectivity index (χ2v) is 6.24. The normalized spacial score (nSPS) is 47.4. The van der Waals surface area contributed by atoms with Gasteiger partial charge in [-0.25, -0.2) is 0 Å². The Hall–Kier alpha value is -0.0800. The van der Waals surface area contributed by atoms with Crippen LogP contribution in [0.4, 0.5) is 0 Å². The maximum Gasteiger partial charge on any atom is 0.0802 e. The van der Waals surface area contributed by atoms with Gasteiger partial charge in [-0.3, -0.25) is 0 Å². The van der Waals surface area contributed by atoms with E-state index < -0.39 is 5.60 Å². The van der Waals surface area contributed by atoms with Crippen molar-refractivity contribution in [2.24, 2.45) is 23.2 Å². The molecule has 4 atom stereocenters. The molecular formula is C13H25NO. The monoisotopic (exact) mass is 211 g/mol. The molecule has 0 spiro atoms. The van der Waals surface area contributed by atoms with E-state index in [0.717, 1.165) is 31.3 Å². The van der Waals surface area contributed by atoms with Gasteiger partial charge in [0.05, 0.1) is 5.60 Å². The van der Waals surface area contributed by atoms with Crippen molar-refractivity contribution in [3.63, 3.8) is 0 Å². The molecule has 0 aromatic rings. The Balaban J connectivity index is 2.07. The van der Waals surface area contributed by atoms with E-state index >= 15 is 0 Å². The van der Waals surface area contributed by atoms with Crippen molar-refractivity contribution < 1.29 is 5.11 Å². The van der Waals surface area contributed by atoms with Crippen LogP contribution in [0, 0.1) is 23.2 Å². The predicted octanol–water partition coefficient (Wildman–Crippen LogP) is 2.03. The zero-order valence-corrected chi connectivity index (χ0v) is 10.5. The third kappa shape index (κ3) is 1.53. The van der Waals surface area contributed by atoms with Crippen LogP contribution in [0.2, 0.25) is 0 Å². The van der Waals surface area contributed by atoms with Gasteiger partial charge in [-0.15, -0.1) is 0 Å². The lowest BCUT2D eigenvalue weighted by Gasteiger charge is -2.64. The van der Waals surface area contributed by atoms with Crippen molar-refractivity contribution in [2.45, 2.75) is 46.1 Å². The van der Waals surface area contributed by atoms with Gasteiger partial charge in [0.15, 0.2) is 0 Å². The molecule has 0 radical (unpaired) electrons. The van der Waals surface area contributed by atoms with Crippen LogP contribution in [0.1, 0.15) is 40.5 Å². The zero-order valence-electron chi connectivity index (χ0n) is 10.5. The molecule has 0 aromatic heterocycles. The van der Waals surface area contributed by atoms with E-state index in [4.69, 9.17) is 0 Å². The summed E-state index contributed by atoms with van der Waals surface area (Å²) in [4.78, 5) is 0. The molecule has 0 saturated heterocycles. The molecule has 3 aliphatic rings. The molecule has 2 N–H and O–H groups in total. The minimum atomic E-state index is -0.445.